The number of halogens is 4. The summed E-state index contributed by atoms with van der Waals surface area (Å²) < 4.78 is 31.7. The molecule has 11 heteroatoms. The summed E-state index contributed by atoms with van der Waals surface area (Å²) in [6.45, 7) is 3.50. The summed E-state index contributed by atoms with van der Waals surface area (Å²) in [5, 5.41) is 11.8. The minimum absolute atomic E-state index is 0.0727. The highest BCUT2D eigenvalue weighted by molar-refractivity contribution is 7.08. The van der Waals surface area contributed by atoms with Gasteiger partial charge in [-0.3, -0.25) is 14.7 Å². The van der Waals surface area contributed by atoms with E-state index in [0.717, 1.165) is 48.0 Å². The first-order chi connectivity index (χ1) is 16.6. The van der Waals surface area contributed by atoms with Crippen LogP contribution in [0, 0.1) is 0 Å². The lowest BCUT2D eigenvalue weighted by Gasteiger charge is -2.25. The molecule has 3 aromatic rings. The predicted octanol–water partition coefficient (Wildman–Crippen LogP) is 5.23. The van der Waals surface area contributed by atoms with Gasteiger partial charge in [0.25, 0.3) is 5.91 Å². The van der Waals surface area contributed by atoms with Crippen LogP contribution in [-0.4, -0.2) is 52.7 Å². The highest BCUT2D eigenvalue weighted by atomic mass is 35.5. The Kier molecular flexibility index (Phi) is 7.16. The lowest BCUT2D eigenvalue weighted by atomic mass is 9.85. The largest absolute Gasteiger partial charge is 0.490 e. The van der Waals surface area contributed by atoms with Gasteiger partial charge in [-0.2, -0.15) is 24.5 Å². The molecule has 1 atom stereocenters. The third-order valence-corrected chi connectivity index (χ3v) is 6.98. The summed E-state index contributed by atoms with van der Waals surface area (Å²) in [5.41, 5.74) is 3.96. The van der Waals surface area contributed by atoms with Crippen molar-refractivity contribution >= 4 is 40.5 Å². The fourth-order valence-electron chi connectivity index (χ4n) is 4.47. The van der Waals surface area contributed by atoms with Crippen molar-refractivity contribution in [3.05, 3.63) is 81.3 Å². The molecule has 6 nitrogen and oxygen atoms in total. The van der Waals surface area contributed by atoms with Crippen molar-refractivity contribution in [3.63, 3.8) is 0 Å². The van der Waals surface area contributed by atoms with E-state index in [-0.39, 0.29) is 11.3 Å². The molecule has 2 aliphatic heterocycles. The molecule has 1 unspecified atom stereocenters. The van der Waals surface area contributed by atoms with Gasteiger partial charge in [-0.15, -0.1) is 0 Å². The zero-order valence-corrected chi connectivity index (χ0v) is 19.9. The van der Waals surface area contributed by atoms with Crippen LogP contribution in [-0.2, 0) is 16.8 Å². The van der Waals surface area contributed by atoms with Crippen LogP contribution in [0.4, 0.5) is 18.9 Å². The van der Waals surface area contributed by atoms with Crippen molar-refractivity contribution in [1.82, 2.24) is 9.88 Å². The van der Waals surface area contributed by atoms with E-state index in [9.17, 15) is 18.0 Å². The maximum absolute atomic E-state index is 13.1. The van der Waals surface area contributed by atoms with Crippen LogP contribution in [0.5, 0.6) is 0 Å². The number of aromatic nitrogens is 1. The maximum atomic E-state index is 13.1. The number of carboxylic acid groups (broad SMARTS) is 1. The fraction of sp³-hybridized carbons (Fsp3) is 0.292. The molecule has 35 heavy (non-hydrogen) atoms. The van der Waals surface area contributed by atoms with Gasteiger partial charge in [-0.05, 0) is 54.2 Å². The minimum atomic E-state index is -5.08. The van der Waals surface area contributed by atoms with Crippen molar-refractivity contribution in [3.8, 4) is 0 Å². The number of pyridine rings is 1. The molecule has 1 saturated heterocycles. The molecule has 184 valence electrons. The van der Waals surface area contributed by atoms with E-state index in [2.05, 4.69) is 17.0 Å². The van der Waals surface area contributed by atoms with E-state index < -0.39 is 12.1 Å². The molecule has 5 rings (SSSR count). The average Bonchev–Trinajstić information content (AvgIpc) is 3.56. The number of hydrogen-bond donors (Lipinski definition) is 1. The Balaban J connectivity index is 0.000000364. The van der Waals surface area contributed by atoms with Gasteiger partial charge in [0.1, 0.15) is 0 Å². The Morgan fingerprint density at radius 1 is 1.14 bits per heavy atom. The number of benzene rings is 1. The van der Waals surface area contributed by atoms with Gasteiger partial charge < -0.3 is 10.0 Å². The van der Waals surface area contributed by atoms with Gasteiger partial charge in [0.2, 0.25) is 0 Å². The summed E-state index contributed by atoms with van der Waals surface area (Å²) in [5.74, 6) is -2.68. The van der Waals surface area contributed by atoms with Gasteiger partial charge in [0, 0.05) is 41.6 Å². The summed E-state index contributed by atoms with van der Waals surface area (Å²) >= 11 is 7.57. The van der Waals surface area contributed by atoms with Crippen molar-refractivity contribution in [1.29, 1.82) is 0 Å². The number of carboxylic acids is 1. The van der Waals surface area contributed by atoms with Gasteiger partial charge >= 0.3 is 12.1 Å². The van der Waals surface area contributed by atoms with E-state index in [0.29, 0.717) is 6.54 Å². The number of carbonyl (C=O) groups is 2. The zero-order valence-electron chi connectivity index (χ0n) is 18.3. The van der Waals surface area contributed by atoms with Crippen molar-refractivity contribution in [2.75, 3.05) is 24.5 Å². The fourth-order valence-corrected chi connectivity index (χ4v) is 5.23. The first-order valence-electron chi connectivity index (χ1n) is 10.7. The number of likely N-dealkylation sites (tertiary alicyclic amines) is 1. The van der Waals surface area contributed by atoms with Crippen LogP contribution >= 0.6 is 22.9 Å². The molecule has 0 bridgehead atoms. The van der Waals surface area contributed by atoms with Gasteiger partial charge in [0.05, 0.1) is 16.9 Å². The van der Waals surface area contributed by atoms with Crippen LogP contribution < -0.4 is 4.90 Å². The smallest absolute Gasteiger partial charge is 0.475 e. The van der Waals surface area contributed by atoms with Crippen molar-refractivity contribution in [2.45, 2.75) is 24.6 Å². The first-order valence-corrected chi connectivity index (χ1v) is 12.0. The van der Waals surface area contributed by atoms with Crippen LogP contribution in [0.1, 0.15) is 28.0 Å². The molecule has 1 aromatic carbocycles. The lowest BCUT2D eigenvalue weighted by Crippen LogP contribution is -2.39. The molecule has 1 spiro atoms. The highest BCUT2D eigenvalue weighted by Crippen LogP contribution is 2.45. The molecule has 1 amide bonds. The molecular weight excluding hydrogens is 503 g/mol. The van der Waals surface area contributed by atoms with Crippen molar-refractivity contribution < 1.29 is 27.9 Å². The van der Waals surface area contributed by atoms with Gasteiger partial charge in [0.15, 0.2) is 0 Å². The Bertz CT molecular complexity index is 1200. The molecule has 2 aromatic heterocycles. The number of amides is 1. The minimum Gasteiger partial charge on any atom is -0.475 e. The second-order valence-corrected chi connectivity index (χ2v) is 9.66. The van der Waals surface area contributed by atoms with E-state index in [4.69, 9.17) is 26.5 Å². The maximum Gasteiger partial charge on any atom is 0.490 e. The number of thiophene rings is 1. The van der Waals surface area contributed by atoms with E-state index in [1.807, 2.05) is 52.2 Å². The third kappa shape index (κ3) is 5.50. The molecular formula is C24H21ClF3N3O3S. The quantitative estimate of drug-likeness (QED) is 0.508. The number of aliphatic carboxylic acids is 1. The van der Waals surface area contributed by atoms with Gasteiger partial charge in [-0.25, -0.2) is 4.79 Å². The van der Waals surface area contributed by atoms with Crippen molar-refractivity contribution in [2.24, 2.45) is 0 Å². The second-order valence-electron chi connectivity index (χ2n) is 8.44. The number of fused-ring (bicyclic) bond motifs is 2. The van der Waals surface area contributed by atoms with Gasteiger partial charge in [-0.1, -0.05) is 23.7 Å². The van der Waals surface area contributed by atoms with Crippen LogP contribution in [0.15, 0.2) is 59.4 Å². The van der Waals surface area contributed by atoms with E-state index in [1.165, 1.54) is 5.56 Å². The zero-order chi connectivity index (χ0) is 25.2. The molecule has 4 heterocycles. The summed E-state index contributed by atoms with van der Waals surface area (Å²) in [6, 6.07) is 13.9. The highest BCUT2D eigenvalue weighted by Gasteiger charge is 2.50. The Morgan fingerprint density at radius 3 is 2.49 bits per heavy atom. The van der Waals surface area contributed by atoms with Crippen LogP contribution in [0.2, 0.25) is 5.02 Å². The topological polar surface area (TPSA) is 73.7 Å². The average molecular weight is 524 g/mol. The van der Waals surface area contributed by atoms with E-state index >= 15 is 0 Å². The first kappa shape index (κ1) is 25.2. The molecule has 1 fully saturated rings. The number of anilines is 1. The third-order valence-electron chi connectivity index (χ3n) is 6.05. The lowest BCUT2D eigenvalue weighted by molar-refractivity contribution is -0.192. The second kappa shape index (κ2) is 9.96. The number of carbonyl (C=O) groups excluding carboxylic acids is 1. The Morgan fingerprint density at radius 2 is 1.86 bits per heavy atom. The monoisotopic (exact) mass is 523 g/mol. The predicted molar refractivity (Wildman–Crippen MR) is 127 cm³/mol. The normalized spacial score (nSPS) is 19.4. The summed E-state index contributed by atoms with van der Waals surface area (Å²) in [6.07, 6.45) is -2.22. The summed E-state index contributed by atoms with van der Waals surface area (Å²) in [7, 11) is 0. The number of alkyl halides is 3. The van der Waals surface area contributed by atoms with Crippen LogP contribution in [0.3, 0.4) is 0 Å². The molecule has 0 saturated carbocycles. The molecule has 0 radical (unpaired) electrons. The Hall–Kier alpha value is -2.95. The standard InChI is InChI=1S/C22H20ClN3OS.C2HF3O2/c23-18-5-3-16(4-6-18)12-25-10-8-22(14-25)15-26(19-2-1-9-24-20(19)22)21(27)17-7-11-28-13-17;3-2(4,5)1(6)7/h1-7,9,11,13H,8,10,12,14-15H2;(H,6,7). The number of nitrogens with zero attached hydrogens (tertiary/aromatic N) is 3. The Labute approximate surface area is 208 Å². The number of rotatable bonds is 3. The molecule has 1 N–H and O–H groups in total. The number of hydrogen-bond acceptors (Lipinski definition) is 5. The summed E-state index contributed by atoms with van der Waals surface area (Å²) in [4.78, 5) is 31.1. The molecule has 0 aliphatic carbocycles. The van der Waals surface area contributed by atoms with Crippen LogP contribution in [0.25, 0.3) is 0 Å². The molecule has 2 aliphatic rings. The SMILES string of the molecule is O=C(O)C(F)(F)F.O=C(c1ccsc1)N1CC2(CCN(Cc3ccc(Cl)cc3)C2)c2ncccc21. The van der Waals surface area contributed by atoms with E-state index in [1.54, 1.807) is 11.3 Å².